The molecule has 2 aliphatic heterocycles. The number of alkyl halides is 1. The van der Waals surface area contributed by atoms with Crippen molar-refractivity contribution >= 4 is 11.3 Å². The van der Waals surface area contributed by atoms with E-state index in [1.54, 1.807) is 6.20 Å². The van der Waals surface area contributed by atoms with Gasteiger partial charge in [-0.2, -0.15) is 10.2 Å². The highest BCUT2D eigenvalue weighted by atomic mass is 32.1. The van der Waals surface area contributed by atoms with Crippen molar-refractivity contribution in [2.24, 2.45) is 0 Å². The highest BCUT2D eigenvalue weighted by Crippen LogP contribution is 2.28. The molecule has 0 spiro atoms. The number of nitrogens with one attached hydrogen (secondary N) is 1. The molecule has 0 unspecified atom stereocenters. The van der Waals surface area contributed by atoms with Gasteiger partial charge in [0.1, 0.15) is 6.17 Å². The molecule has 5 heterocycles. The fourth-order valence-corrected chi connectivity index (χ4v) is 5.00. The highest BCUT2D eigenvalue weighted by molar-refractivity contribution is 7.15. The van der Waals surface area contributed by atoms with Gasteiger partial charge in [-0.15, -0.1) is 11.3 Å². The number of fused-ring (bicyclic) bond motifs is 1. The van der Waals surface area contributed by atoms with Crippen LogP contribution in [0.5, 0.6) is 0 Å². The Hall–Kier alpha value is -2.03. The first kappa shape index (κ1) is 17.1. The minimum Gasteiger partial charge on any atom is -0.294 e. The molecule has 142 valence electrons. The Morgan fingerprint density at radius 1 is 1.15 bits per heavy atom. The molecule has 0 saturated carbocycles. The molecule has 6 nitrogen and oxygen atoms in total. The van der Waals surface area contributed by atoms with Crippen molar-refractivity contribution in [3.8, 4) is 10.6 Å². The number of aromatic nitrogens is 4. The quantitative estimate of drug-likeness (QED) is 0.733. The topological polar surface area (TPSA) is 53.0 Å². The van der Waals surface area contributed by atoms with Gasteiger partial charge in [0, 0.05) is 50.3 Å². The van der Waals surface area contributed by atoms with E-state index in [2.05, 4.69) is 42.9 Å². The number of nitrogens with zero attached hydrogens (tertiary/aromatic N) is 5. The van der Waals surface area contributed by atoms with E-state index in [-0.39, 0.29) is 0 Å². The van der Waals surface area contributed by atoms with Crippen LogP contribution in [0.15, 0.2) is 30.5 Å². The van der Waals surface area contributed by atoms with E-state index < -0.39 is 6.17 Å². The van der Waals surface area contributed by atoms with E-state index in [9.17, 15) is 4.39 Å². The monoisotopic (exact) mass is 386 g/mol. The Bertz CT molecular complexity index is 901. The fraction of sp³-hybridized carbons (Fsp3) is 0.474. The lowest BCUT2D eigenvalue weighted by Gasteiger charge is -2.26. The molecule has 3 aromatic rings. The molecule has 5 rings (SSSR count). The van der Waals surface area contributed by atoms with Gasteiger partial charge in [0.25, 0.3) is 0 Å². The first-order chi connectivity index (χ1) is 13.2. The Labute approximate surface area is 161 Å². The van der Waals surface area contributed by atoms with E-state index in [1.807, 2.05) is 17.4 Å². The number of hydrogen-bond acceptors (Lipinski definition) is 5. The Kier molecular flexibility index (Phi) is 4.55. The molecule has 1 atom stereocenters. The molecule has 1 saturated heterocycles. The van der Waals surface area contributed by atoms with Crippen LogP contribution in [0.2, 0.25) is 0 Å². The largest absolute Gasteiger partial charge is 0.294 e. The SMILES string of the molecule is F[C@H]1CCN(Cc2cc3n(n2)CCN(Cc2ccc(-c4ccn[nH]4)s2)C3)C1. The summed E-state index contributed by atoms with van der Waals surface area (Å²) in [4.78, 5) is 7.22. The molecule has 0 amide bonds. The normalized spacial score (nSPS) is 21.0. The first-order valence-electron chi connectivity index (χ1n) is 9.46. The molecule has 0 aliphatic carbocycles. The summed E-state index contributed by atoms with van der Waals surface area (Å²) in [6.07, 6.45) is 1.77. The molecule has 2 aliphatic rings. The molecule has 3 aromatic heterocycles. The summed E-state index contributed by atoms with van der Waals surface area (Å²) in [5.74, 6) is 0. The lowest BCUT2D eigenvalue weighted by Crippen LogP contribution is -2.33. The minimum absolute atomic E-state index is 0.547. The second-order valence-electron chi connectivity index (χ2n) is 7.42. The number of hydrogen-bond donors (Lipinski definition) is 1. The number of aromatic amines is 1. The van der Waals surface area contributed by atoms with Crippen LogP contribution in [-0.2, 0) is 26.2 Å². The summed E-state index contributed by atoms with van der Waals surface area (Å²) in [7, 11) is 0. The molecule has 27 heavy (non-hydrogen) atoms. The van der Waals surface area contributed by atoms with Crippen molar-refractivity contribution < 1.29 is 4.39 Å². The average molecular weight is 387 g/mol. The molecular formula is C19H23FN6S. The van der Waals surface area contributed by atoms with Crippen LogP contribution < -0.4 is 0 Å². The third-order valence-corrected chi connectivity index (χ3v) is 6.44. The number of likely N-dealkylation sites (tertiary alicyclic amines) is 1. The van der Waals surface area contributed by atoms with Crippen LogP contribution in [0.1, 0.15) is 22.7 Å². The first-order valence-corrected chi connectivity index (χ1v) is 10.3. The highest BCUT2D eigenvalue weighted by Gasteiger charge is 2.24. The van der Waals surface area contributed by atoms with Gasteiger partial charge in [-0.1, -0.05) is 0 Å². The summed E-state index contributed by atoms with van der Waals surface area (Å²) in [6.45, 7) is 5.93. The van der Waals surface area contributed by atoms with Crippen LogP contribution in [0.3, 0.4) is 0 Å². The van der Waals surface area contributed by atoms with Crippen molar-refractivity contribution in [2.45, 2.75) is 38.8 Å². The maximum absolute atomic E-state index is 13.4. The standard InChI is InChI=1S/C19H23FN6S/c20-14-4-6-24(10-14)11-15-9-16-12-25(7-8-26(16)23-15)13-17-1-2-19(27-17)18-3-5-21-22-18/h1-3,5,9,14H,4,6-8,10-13H2,(H,21,22)/t14-/m0/s1. The van der Waals surface area contributed by atoms with Crippen molar-refractivity contribution in [1.29, 1.82) is 0 Å². The molecular weight excluding hydrogens is 363 g/mol. The lowest BCUT2D eigenvalue weighted by atomic mass is 10.2. The van der Waals surface area contributed by atoms with Crippen LogP contribution in [0, 0.1) is 0 Å². The number of rotatable bonds is 5. The van der Waals surface area contributed by atoms with Gasteiger partial charge in [-0.25, -0.2) is 4.39 Å². The van der Waals surface area contributed by atoms with Gasteiger partial charge in [0.05, 0.1) is 28.5 Å². The number of H-pyrrole nitrogens is 1. The lowest BCUT2D eigenvalue weighted by molar-refractivity contribution is 0.206. The average Bonchev–Trinajstić information content (AvgIpc) is 3.41. The third kappa shape index (κ3) is 3.69. The van der Waals surface area contributed by atoms with Crippen molar-refractivity contribution in [2.75, 3.05) is 19.6 Å². The Morgan fingerprint density at radius 2 is 2.11 bits per heavy atom. The minimum atomic E-state index is -0.671. The summed E-state index contributed by atoms with van der Waals surface area (Å²) in [6, 6.07) is 8.57. The van der Waals surface area contributed by atoms with Gasteiger partial charge in [0.15, 0.2) is 0 Å². The van der Waals surface area contributed by atoms with Crippen molar-refractivity contribution in [3.05, 3.63) is 46.7 Å². The van der Waals surface area contributed by atoms with Crippen molar-refractivity contribution in [3.63, 3.8) is 0 Å². The second-order valence-corrected chi connectivity index (χ2v) is 8.59. The van der Waals surface area contributed by atoms with E-state index in [4.69, 9.17) is 5.10 Å². The smallest absolute Gasteiger partial charge is 0.114 e. The molecule has 0 radical (unpaired) electrons. The van der Waals surface area contributed by atoms with Crippen LogP contribution >= 0.6 is 11.3 Å². The van der Waals surface area contributed by atoms with Gasteiger partial charge < -0.3 is 0 Å². The predicted molar refractivity (Wildman–Crippen MR) is 103 cm³/mol. The molecule has 0 bridgehead atoms. The molecule has 8 heteroatoms. The predicted octanol–water partition coefficient (Wildman–Crippen LogP) is 2.89. The van der Waals surface area contributed by atoms with E-state index in [0.717, 1.165) is 50.7 Å². The van der Waals surface area contributed by atoms with E-state index in [1.165, 1.54) is 15.4 Å². The zero-order chi connectivity index (χ0) is 18.2. The van der Waals surface area contributed by atoms with Crippen molar-refractivity contribution in [1.82, 2.24) is 29.8 Å². The van der Waals surface area contributed by atoms with E-state index in [0.29, 0.717) is 13.0 Å². The molecule has 0 aromatic carbocycles. The fourth-order valence-electron chi connectivity index (χ4n) is 3.97. The van der Waals surface area contributed by atoms with Gasteiger partial charge in [-0.3, -0.25) is 19.6 Å². The zero-order valence-corrected chi connectivity index (χ0v) is 16.0. The van der Waals surface area contributed by atoms with Crippen LogP contribution in [0.25, 0.3) is 10.6 Å². The Balaban J connectivity index is 1.22. The summed E-state index contributed by atoms with van der Waals surface area (Å²) >= 11 is 1.81. The Morgan fingerprint density at radius 3 is 2.93 bits per heavy atom. The van der Waals surface area contributed by atoms with Gasteiger partial charge in [-0.05, 0) is 30.7 Å². The molecule has 1 fully saturated rings. The summed E-state index contributed by atoms with van der Waals surface area (Å²) in [5.41, 5.74) is 3.40. The van der Waals surface area contributed by atoms with Crippen LogP contribution in [-0.4, -0.2) is 55.6 Å². The maximum Gasteiger partial charge on any atom is 0.114 e. The van der Waals surface area contributed by atoms with Gasteiger partial charge >= 0.3 is 0 Å². The maximum atomic E-state index is 13.4. The van der Waals surface area contributed by atoms with E-state index >= 15 is 0 Å². The third-order valence-electron chi connectivity index (χ3n) is 5.34. The van der Waals surface area contributed by atoms with Gasteiger partial charge in [0.2, 0.25) is 0 Å². The number of thiophene rings is 1. The molecule has 1 N–H and O–H groups in total. The zero-order valence-electron chi connectivity index (χ0n) is 15.1. The summed E-state index contributed by atoms with van der Waals surface area (Å²) in [5, 5.41) is 11.8. The number of halogens is 1. The van der Waals surface area contributed by atoms with Crippen LogP contribution in [0.4, 0.5) is 4.39 Å². The summed E-state index contributed by atoms with van der Waals surface area (Å²) < 4.78 is 15.5. The second kappa shape index (κ2) is 7.18.